The monoisotopic (exact) mass is 364 g/mol. The van der Waals surface area contributed by atoms with E-state index in [1.165, 1.54) is 4.90 Å². The predicted molar refractivity (Wildman–Crippen MR) is 92.5 cm³/mol. The highest BCUT2D eigenvalue weighted by molar-refractivity contribution is 6.36. The van der Waals surface area contributed by atoms with Crippen LogP contribution >= 0.6 is 11.6 Å². The third-order valence-electron chi connectivity index (χ3n) is 5.28. The Balaban J connectivity index is 1.50. The highest BCUT2D eigenvalue weighted by atomic mass is 35.5. The molecule has 3 aliphatic rings. The molecular weight excluding hydrogens is 344 g/mol. The summed E-state index contributed by atoms with van der Waals surface area (Å²) in [7, 11) is 0. The summed E-state index contributed by atoms with van der Waals surface area (Å²) in [6, 6.07) is 4.93. The molecule has 134 valence electrons. The number of halogens is 1. The molecule has 1 atom stereocenters. The lowest BCUT2D eigenvalue weighted by Crippen LogP contribution is -2.51. The predicted octanol–water partition coefficient (Wildman–Crippen LogP) is 2.12. The second-order valence-electron chi connectivity index (χ2n) is 6.89. The van der Waals surface area contributed by atoms with E-state index in [9.17, 15) is 9.59 Å². The van der Waals surface area contributed by atoms with Crippen molar-refractivity contribution in [3.63, 3.8) is 0 Å². The Labute approximate surface area is 151 Å². The summed E-state index contributed by atoms with van der Waals surface area (Å²) >= 11 is 6.26. The number of carbonyl (C=O) groups is 2. The zero-order valence-corrected chi connectivity index (χ0v) is 14.9. The summed E-state index contributed by atoms with van der Waals surface area (Å²) < 4.78 is 11.5. The number of likely N-dealkylation sites (tertiary alicyclic amines) is 1. The van der Waals surface area contributed by atoms with Crippen molar-refractivity contribution in [3.05, 3.63) is 28.8 Å². The van der Waals surface area contributed by atoms with Crippen molar-refractivity contribution < 1.29 is 19.1 Å². The molecule has 25 heavy (non-hydrogen) atoms. The molecule has 0 N–H and O–H groups in total. The zero-order valence-electron chi connectivity index (χ0n) is 14.2. The number of amides is 2. The summed E-state index contributed by atoms with van der Waals surface area (Å²) in [5, 5.41) is 0.424. The first-order chi connectivity index (χ1) is 12.0. The van der Waals surface area contributed by atoms with E-state index >= 15 is 0 Å². The van der Waals surface area contributed by atoms with Gasteiger partial charge >= 0.3 is 0 Å². The average Bonchev–Trinajstić information content (AvgIpc) is 3.15. The number of benzene rings is 1. The van der Waals surface area contributed by atoms with Gasteiger partial charge in [0.25, 0.3) is 5.91 Å². The lowest BCUT2D eigenvalue weighted by atomic mass is 10.0. The van der Waals surface area contributed by atoms with E-state index in [1.54, 1.807) is 12.1 Å². The van der Waals surface area contributed by atoms with Crippen LogP contribution in [0, 0.1) is 6.92 Å². The van der Waals surface area contributed by atoms with Crippen molar-refractivity contribution in [1.82, 2.24) is 4.90 Å². The number of imide groups is 1. The van der Waals surface area contributed by atoms with E-state index in [0.29, 0.717) is 37.0 Å². The molecule has 0 bridgehead atoms. The first kappa shape index (κ1) is 17.0. The molecule has 3 fully saturated rings. The number of rotatable bonds is 2. The number of hydrogen-bond donors (Lipinski definition) is 0. The highest BCUT2D eigenvalue weighted by Crippen LogP contribution is 2.36. The van der Waals surface area contributed by atoms with Crippen molar-refractivity contribution in [2.75, 3.05) is 31.2 Å². The Morgan fingerprint density at radius 1 is 1.16 bits per heavy atom. The van der Waals surface area contributed by atoms with Crippen molar-refractivity contribution in [1.29, 1.82) is 0 Å². The summed E-state index contributed by atoms with van der Waals surface area (Å²) in [5.74, 6) is -0.878. The van der Waals surface area contributed by atoms with Crippen LogP contribution in [-0.2, 0) is 19.1 Å². The van der Waals surface area contributed by atoms with Crippen LogP contribution in [0.15, 0.2) is 18.2 Å². The van der Waals surface area contributed by atoms with E-state index in [2.05, 4.69) is 4.90 Å². The van der Waals surface area contributed by atoms with E-state index in [1.807, 2.05) is 13.0 Å². The van der Waals surface area contributed by atoms with E-state index in [-0.39, 0.29) is 18.2 Å². The maximum atomic E-state index is 12.9. The second kappa shape index (κ2) is 6.36. The van der Waals surface area contributed by atoms with Gasteiger partial charge in [-0.2, -0.15) is 0 Å². The topological polar surface area (TPSA) is 59.1 Å². The highest BCUT2D eigenvalue weighted by Gasteiger charge is 2.47. The SMILES string of the molecule is Cc1ccc(N2C(=O)CC(N3CCC4(CC3)OCCO4)C2=O)c(Cl)c1. The first-order valence-corrected chi connectivity index (χ1v) is 9.02. The van der Waals surface area contributed by atoms with Crippen LogP contribution in [-0.4, -0.2) is 54.8 Å². The minimum absolute atomic E-state index is 0.192. The Kier molecular flexibility index (Phi) is 4.32. The molecule has 0 radical (unpaired) electrons. The van der Waals surface area contributed by atoms with Gasteiger partial charge in [0.2, 0.25) is 5.91 Å². The third kappa shape index (κ3) is 2.97. The fraction of sp³-hybridized carbons (Fsp3) is 0.556. The van der Waals surface area contributed by atoms with Crippen molar-refractivity contribution >= 4 is 29.1 Å². The fourth-order valence-electron chi connectivity index (χ4n) is 3.91. The molecule has 7 heteroatoms. The Morgan fingerprint density at radius 3 is 2.48 bits per heavy atom. The Morgan fingerprint density at radius 2 is 1.84 bits per heavy atom. The molecule has 3 aliphatic heterocycles. The van der Waals surface area contributed by atoms with Gasteiger partial charge in [-0.3, -0.25) is 14.5 Å². The van der Waals surface area contributed by atoms with Crippen LogP contribution in [0.4, 0.5) is 5.69 Å². The van der Waals surface area contributed by atoms with E-state index in [4.69, 9.17) is 21.1 Å². The maximum absolute atomic E-state index is 12.9. The molecule has 3 heterocycles. The van der Waals surface area contributed by atoms with Gasteiger partial charge in [0.15, 0.2) is 5.79 Å². The van der Waals surface area contributed by atoms with Crippen LogP contribution in [0.5, 0.6) is 0 Å². The van der Waals surface area contributed by atoms with Gasteiger partial charge in [-0.1, -0.05) is 17.7 Å². The summed E-state index contributed by atoms with van der Waals surface area (Å²) in [6.07, 6.45) is 1.63. The van der Waals surface area contributed by atoms with Gasteiger partial charge in [0.1, 0.15) is 0 Å². The standard InChI is InChI=1S/C18H21ClN2O4/c1-12-2-3-14(13(19)10-12)21-16(22)11-15(17(21)23)20-6-4-18(5-7-20)24-8-9-25-18/h2-3,10,15H,4-9,11H2,1H3. The van der Waals surface area contributed by atoms with Crippen LogP contribution in [0.3, 0.4) is 0 Å². The van der Waals surface area contributed by atoms with Gasteiger partial charge < -0.3 is 9.47 Å². The molecular formula is C18H21ClN2O4. The molecule has 0 saturated carbocycles. The summed E-state index contributed by atoms with van der Waals surface area (Å²) in [6.45, 7) is 4.53. The van der Waals surface area contributed by atoms with Crippen molar-refractivity contribution in [3.8, 4) is 0 Å². The van der Waals surface area contributed by atoms with Crippen molar-refractivity contribution in [2.24, 2.45) is 0 Å². The van der Waals surface area contributed by atoms with Crippen LogP contribution in [0.1, 0.15) is 24.8 Å². The minimum Gasteiger partial charge on any atom is -0.347 e. The molecule has 1 unspecified atom stereocenters. The molecule has 4 rings (SSSR count). The smallest absolute Gasteiger partial charge is 0.251 e. The molecule has 1 aromatic rings. The number of hydrogen-bond acceptors (Lipinski definition) is 5. The summed E-state index contributed by atoms with van der Waals surface area (Å²) in [4.78, 5) is 28.7. The minimum atomic E-state index is -0.484. The van der Waals surface area contributed by atoms with Gasteiger partial charge in [-0.05, 0) is 24.6 Å². The first-order valence-electron chi connectivity index (χ1n) is 8.64. The molecule has 6 nitrogen and oxygen atoms in total. The second-order valence-corrected chi connectivity index (χ2v) is 7.29. The lowest BCUT2D eigenvalue weighted by molar-refractivity contribution is -0.188. The molecule has 0 aliphatic carbocycles. The van der Waals surface area contributed by atoms with Crippen LogP contribution < -0.4 is 4.90 Å². The van der Waals surface area contributed by atoms with Gasteiger partial charge in [-0.15, -0.1) is 0 Å². The molecule has 0 aromatic heterocycles. The van der Waals surface area contributed by atoms with Gasteiger partial charge in [0, 0.05) is 25.9 Å². The third-order valence-corrected chi connectivity index (χ3v) is 5.58. The Bertz CT molecular complexity index is 707. The van der Waals surface area contributed by atoms with Gasteiger partial charge in [0.05, 0.1) is 36.4 Å². The maximum Gasteiger partial charge on any atom is 0.251 e. The van der Waals surface area contributed by atoms with Gasteiger partial charge in [-0.25, -0.2) is 4.90 Å². The van der Waals surface area contributed by atoms with E-state index in [0.717, 1.165) is 18.4 Å². The molecule has 1 aromatic carbocycles. The number of nitrogens with zero attached hydrogens (tertiary/aromatic N) is 2. The van der Waals surface area contributed by atoms with E-state index < -0.39 is 11.8 Å². The number of carbonyl (C=O) groups excluding carboxylic acids is 2. The van der Waals surface area contributed by atoms with Crippen LogP contribution in [0.25, 0.3) is 0 Å². The number of anilines is 1. The fourth-order valence-corrected chi connectivity index (χ4v) is 4.23. The van der Waals surface area contributed by atoms with Crippen LogP contribution in [0.2, 0.25) is 5.02 Å². The number of piperidine rings is 1. The average molecular weight is 365 g/mol. The molecule has 2 amide bonds. The lowest BCUT2D eigenvalue weighted by Gasteiger charge is -2.39. The number of ether oxygens (including phenoxy) is 2. The normalized spacial score (nSPS) is 26.8. The van der Waals surface area contributed by atoms with Crippen molar-refractivity contribution in [2.45, 2.75) is 38.0 Å². The largest absolute Gasteiger partial charge is 0.347 e. The Hall–Kier alpha value is -1.47. The summed E-state index contributed by atoms with van der Waals surface area (Å²) in [5.41, 5.74) is 1.46. The zero-order chi connectivity index (χ0) is 17.6. The number of aryl methyl sites for hydroxylation is 1. The quantitative estimate of drug-likeness (QED) is 0.752. The molecule has 1 spiro atoms. The molecule has 3 saturated heterocycles.